The van der Waals surface area contributed by atoms with Gasteiger partial charge in [-0.05, 0) is 12.8 Å². The van der Waals surface area contributed by atoms with E-state index < -0.39 is 0 Å². The van der Waals surface area contributed by atoms with Crippen LogP contribution < -0.4 is 0 Å². The molecule has 1 aliphatic heterocycles. The maximum absolute atomic E-state index is 11.8. The smallest absolute Gasteiger partial charge is 0.409 e. The number of piperazine rings is 1. The van der Waals surface area contributed by atoms with Gasteiger partial charge in [-0.25, -0.2) is 4.79 Å². The number of ether oxygens (including phenoxy) is 1. The van der Waals surface area contributed by atoms with Crippen LogP contribution in [0.5, 0.6) is 0 Å². The number of aromatic nitrogens is 1. The minimum absolute atomic E-state index is 0.200. The van der Waals surface area contributed by atoms with E-state index in [1.54, 1.807) is 4.90 Å². The van der Waals surface area contributed by atoms with Crippen LogP contribution >= 0.6 is 0 Å². The van der Waals surface area contributed by atoms with Crippen LogP contribution in [-0.4, -0.2) is 53.8 Å². The van der Waals surface area contributed by atoms with Crippen LogP contribution in [0.3, 0.4) is 0 Å². The Kier molecular flexibility index (Phi) is 5.00. The molecule has 1 aromatic rings. The molecule has 2 heterocycles. The quantitative estimate of drug-likeness (QED) is 0.843. The summed E-state index contributed by atoms with van der Waals surface area (Å²) in [5.41, 5.74) is 0.899. The molecule has 0 aliphatic carbocycles. The zero-order valence-electron chi connectivity index (χ0n) is 12.5. The van der Waals surface area contributed by atoms with E-state index >= 15 is 0 Å². The summed E-state index contributed by atoms with van der Waals surface area (Å²) in [6.07, 6.45) is -0.200. The van der Waals surface area contributed by atoms with Crippen molar-refractivity contribution in [1.29, 1.82) is 0 Å². The fraction of sp³-hybridized carbons (Fsp3) is 0.714. The molecule has 0 N–H and O–H groups in total. The Morgan fingerprint density at radius 3 is 2.65 bits per heavy atom. The molecule has 0 saturated carbocycles. The van der Waals surface area contributed by atoms with Gasteiger partial charge < -0.3 is 14.2 Å². The van der Waals surface area contributed by atoms with E-state index in [4.69, 9.17) is 9.26 Å². The minimum Gasteiger partial charge on any atom is -0.449 e. The minimum atomic E-state index is -0.200. The van der Waals surface area contributed by atoms with Gasteiger partial charge in [-0.3, -0.25) is 4.90 Å². The summed E-state index contributed by atoms with van der Waals surface area (Å²) >= 11 is 0. The van der Waals surface area contributed by atoms with E-state index in [2.05, 4.69) is 10.1 Å². The molecule has 1 amide bonds. The summed E-state index contributed by atoms with van der Waals surface area (Å²) in [6, 6.07) is 1.95. The second kappa shape index (κ2) is 6.74. The Labute approximate surface area is 119 Å². The largest absolute Gasteiger partial charge is 0.449 e. The molecule has 0 spiro atoms. The number of amides is 1. The lowest BCUT2D eigenvalue weighted by Gasteiger charge is -2.33. The molecule has 0 unspecified atom stereocenters. The van der Waals surface area contributed by atoms with Crippen LogP contribution in [-0.2, 0) is 11.3 Å². The molecule has 1 fully saturated rings. The second-order valence-electron chi connectivity index (χ2n) is 5.67. The van der Waals surface area contributed by atoms with Gasteiger partial charge in [0.05, 0.1) is 18.8 Å². The van der Waals surface area contributed by atoms with Crippen molar-refractivity contribution in [3.05, 3.63) is 17.5 Å². The molecule has 6 nitrogen and oxygen atoms in total. The maximum Gasteiger partial charge on any atom is 0.409 e. The van der Waals surface area contributed by atoms with Crippen molar-refractivity contribution in [3.63, 3.8) is 0 Å². The van der Waals surface area contributed by atoms with E-state index in [-0.39, 0.29) is 6.09 Å². The van der Waals surface area contributed by atoms with Crippen molar-refractivity contribution in [2.75, 3.05) is 32.8 Å². The third-order valence-electron chi connectivity index (χ3n) is 3.23. The molecule has 1 aromatic heterocycles. The fourth-order valence-corrected chi connectivity index (χ4v) is 2.13. The van der Waals surface area contributed by atoms with Crippen LogP contribution in [0.2, 0.25) is 0 Å². The summed E-state index contributed by atoms with van der Waals surface area (Å²) < 4.78 is 10.4. The lowest BCUT2D eigenvalue weighted by Crippen LogP contribution is -2.48. The van der Waals surface area contributed by atoms with E-state index in [0.717, 1.165) is 31.1 Å². The molecule has 0 atom stereocenters. The van der Waals surface area contributed by atoms with Crippen molar-refractivity contribution in [1.82, 2.24) is 15.0 Å². The highest BCUT2D eigenvalue weighted by Gasteiger charge is 2.23. The average Bonchev–Trinajstić information content (AvgIpc) is 2.82. The summed E-state index contributed by atoms with van der Waals surface area (Å²) in [6.45, 7) is 10.3. The van der Waals surface area contributed by atoms with Gasteiger partial charge in [-0.1, -0.05) is 19.0 Å². The molecule has 112 valence electrons. The van der Waals surface area contributed by atoms with Gasteiger partial charge in [0, 0.05) is 32.2 Å². The van der Waals surface area contributed by atoms with Crippen molar-refractivity contribution in [2.45, 2.75) is 27.3 Å². The highest BCUT2D eigenvalue weighted by Crippen LogP contribution is 2.10. The Bertz CT molecular complexity index is 437. The Morgan fingerprint density at radius 2 is 2.10 bits per heavy atom. The zero-order chi connectivity index (χ0) is 14.5. The molecule has 0 radical (unpaired) electrons. The molecule has 0 bridgehead atoms. The van der Waals surface area contributed by atoms with Gasteiger partial charge in [0.1, 0.15) is 0 Å². The van der Waals surface area contributed by atoms with Gasteiger partial charge in [-0.2, -0.15) is 0 Å². The molecule has 0 aromatic carbocycles. The third-order valence-corrected chi connectivity index (χ3v) is 3.23. The van der Waals surface area contributed by atoms with Gasteiger partial charge in [0.2, 0.25) is 0 Å². The second-order valence-corrected chi connectivity index (χ2v) is 5.67. The normalized spacial score (nSPS) is 16.7. The first-order chi connectivity index (χ1) is 9.54. The summed E-state index contributed by atoms with van der Waals surface area (Å²) in [7, 11) is 0. The highest BCUT2D eigenvalue weighted by atomic mass is 16.6. The van der Waals surface area contributed by atoms with Crippen molar-refractivity contribution < 1.29 is 14.1 Å². The van der Waals surface area contributed by atoms with E-state index in [0.29, 0.717) is 25.6 Å². The van der Waals surface area contributed by atoms with Gasteiger partial charge in [0.15, 0.2) is 5.76 Å². The van der Waals surface area contributed by atoms with Gasteiger partial charge >= 0.3 is 6.09 Å². The number of hydrogen-bond donors (Lipinski definition) is 0. The zero-order valence-corrected chi connectivity index (χ0v) is 12.5. The predicted molar refractivity (Wildman–Crippen MR) is 74.3 cm³/mol. The van der Waals surface area contributed by atoms with Gasteiger partial charge in [-0.15, -0.1) is 0 Å². The number of carbonyl (C=O) groups is 1. The molecular weight excluding hydrogens is 258 g/mol. The molecule has 20 heavy (non-hydrogen) atoms. The van der Waals surface area contributed by atoms with Crippen molar-refractivity contribution in [3.8, 4) is 0 Å². The average molecular weight is 281 g/mol. The third kappa shape index (κ3) is 4.23. The predicted octanol–water partition coefficient (Wildman–Crippen LogP) is 1.89. The van der Waals surface area contributed by atoms with Crippen molar-refractivity contribution in [2.24, 2.45) is 5.92 Å². The SMILES string of the molecule is Cc1cc(CN2CCN(C(=O)OCC(C)C)CC2)on1. The summed E-state index contributed by atoms with van der Waals surface area (Å²) in [5.74, 6) is 1.24. The highest BCUT2D eigenvalue weighted by molar-refractivity contribution is 5.67. The Morgan fingerprint density at radius 1 is 1.40 bits per heavy atom. The van der Waals surface area contributed by atoms with Crippen LogP contribution in [0.15, 0.2) is 10.6 Å². The van der Waals surface area contributed by atoms with Crippen LogP contribution in [0.4, 0.5) is 4.79 Å². The monoisotopic (exact) mass is 281 g/mol. The number of hydrogen-bond acceptors (Lipinski definition) is 5. The lowest BCUT2D eigenvalue weighted by atomic mass is 10.2. The Hall–Kier alpha value is -1.56. The summed E-state index contributed by atoms with van der Waals surface area (Å²) in [5, 5.41) is 3.88. The Balaban J connectivity index is 1.73. The molecular formula is C14H23N3O3. The number of nitrogens with zero attached hydrogens (tertiary/aromatic N) is 3. The summed E-state index contributed by atoms with van der Waals surface area (Å²) in [4.78, 5) is 15.9. The molecule has 1 aliphatic rings. The van der Waals surface area contributed by atoms with E-state index in [1.807, 2.05) is 26.8 Å². The number of carbonyl (C=O) groups excluding carboxylic acids is 1. The topological polar surface area (TPSA) is 58.8 Å². The maximum atomic E-state index is 11.8. The van der Waals surface area contributed by atoms with Crippen LogP contribution in [0.25, 0.3) is 0 Å². The first-order valence-corrected chi connectivity index (χ1v) is 7.11. The van der Waals surface area contributed by atoms with E-state index in [1.165, 1.54) is 0 Å². The van der Waals surface area contributed by atoms with E-state index in [9.17, 15) is 4.79 Å². The first-order valence-electron chi connectivity index (χ1n) is 7.11. The number of rotatable bonds is 4. The molecule has 6 heteroatoms. The van der Waals surface area contributed by atoms with Crippen LogP contribution in [0.1, 0.15) is 25.3 Å². The number of aryl methyl sites for hydroxylation is 1. The van der Waals surface area contributed by atoms with Crippen LogP contribution in [0, 0.1) is 12.8 Å². The standard InChI is InChI=1S/C14H23N3O3/c1-11(2)10-19-14(18)17-6-4-16(5-7-17)9-13-8-12(3)15-20-13/h8,11H,4-7,9-10H2,1-3H3. The lowest BCUT2D eigenvalue weighted by molar-refractivity contribution is 0.0656. The van der Waals surface area contributed by atoms with Gasteiger partial charge in [0.25, 0.3) is 0 Å². The fourth-order valence-electron chi connectivity index (χ4n) is 2.13. The molecule has 1 saturated heterocycles. The first kappa shape index (κ1) is 14.8. The molecule has 2 rings (SSSR count). The van der Waals surface area contributed by atoms with Crippen molar-refractivity contribution >= 4 is 6.09 Å².